The number of aryl methyl sites for hydroxylation is 1. The number of alkyl halides is 1. The van der Waals surface area contributed by atoms with Gasteiger partial charge in [-0.05, 0) is 25.0 Å². The Morgan fingerprint density at radius 2 is 2.27 bits per heavy atom. The van der Waals surface area contributed by atoms with Gasteiger partial charge < -0.3 is 5.32 Å². The maximum absolute atomic E-state index is 13.3. The average Bonchev–Trinajstić information content (AvgIpc) is 2.22. The van der Waals surface area contributed by atoms with Crippen molar-refractivity contribution in [1.82, 2.24) is 0 Å². The molecule has 15 heavy (non-hydrogen) atoms. The Morgan fingerprint density at radius 1 is 1.60 bits per heavy atom. The van der Waals surface area contributed by atoms with Gasteiger partial charge in [-0.2, -0.15) is 0 Å². The summed E-state index contributed by atoms with van der Waals surface area (Å²) in [6, 6.07) is 4.71. The van der Waals surface area contributed by atoms with Crippen LogP contribution in [0.1, 0.15) is 18.9 Å². The van der Waals surface area contributed by atoms with Gasteiger partial charge in [-0.25, -0.2) is 4.39 Å². The van der Waals surface area contributed by atoms with Gasteiger partial charge in [-0.15, -0.1) is 0 Å². The van der Waals surface area contributed by atoms with E-state index >= 15 is 0 Å². The van der Waals surface area contributed by atoms with Crippen molar-refractivity contribution >= 4 is 27.5 Å². The first kappa shape index (κ1) is 12.2. The Kier molecular flexibility index (Phi) is 4.27. The monoisotopic (exact) mass is 273 g/mol. The van der Waals surface area contributed by atoms with Crippen molar-refractivity contribution in [2.24, 2.45) is 0 Å². The van der Waals surface area contributed by atoms with Crippen LogP contribution in [0.3, 0.4) is 0 Å². The van der Waals surface area contributed by atoms with Crippen LogP contribution in [0.5, 0.6) is 0 Å². The summed E-state index contributed by atoms with van der Waals surface area (Å²) in [5.74, 6) is -0.621. The maximum atomic E-state index is 13.3. The number of hydrogen-bond donors (Lipinski definition) is 1. The van der Waals surface area contributed by atoms with E-state index in [0.29, 0.717) is 6.42 Å². The summed E-state index contributed by atoms with van der Waals surface area (Å²) in [7, 11) is 0. The first-order valence-corrected chi connectivity index (χ1v) is 5.68. The van der Waals surface area contributed by atoms with Crippen LogP contribution in [-0.4, -0.2) is 10.7 Å². The number of nitrogens with one attached hydrogen (secondary N) is 1. The topological polar surface area (TPSA) is 29.1 Å². The number of benzene rings is 1. The van der Waals surface area contributed by atoms with Gasteiger partial charge in [0.1, 0.15) is 5.82 Å². The molecule has 1 atom stereocenters. The van der Waals surface area contributed by atoms with E-state index in [1.165, 1.54) is 6.07 Å². The third kappa shape index (κ3) is 3.02. The molecule has 0 radical (unpaired) electrons. The van der Waals surface area contributed by atoms with Crippen molar-refractivity contribution in [3.05, 3.63) is 29.6 Å². The number of rotatable bonds is 3. The van der Waals surface area contributed by atoms with Crippen molar-refractivity contribution in [1.29, 1.82) is 0 Å². The van der Waals surface area contributed by atoms with Gasteiger partial charge >= 0.3 is 0 Å². The van der Waals surface area contributed by atoms with Crippen LogP contribution in [0, 0.1) is 12.7 Å². The number of carbonyl (C=O) groups excluding carboxylic acids is 1. The van der Waals surface area contributed by atoms with Crippen LogP contribution >= 0.6 is 15.9 Å². The van der Waals surface area contributed by atoms with Crippen LogP contribution in [-0.2, 0) is 4.79 Å². The molecule has 0 heterocycles. The summed E-state index contributed by atoms with van der Waals surface area (Å²) >= 11 is 3.21. The minimum Gasteiger partial charge on any atom is -0.322 e. The molecule has 1 aromatic rings. The summed E-state index contributed by atoms with van der Waals surface area (Å²) < 4.78 is 13.3. The zero-order chi connectivity index (χ0) is 11.4. The Balaban J connectivity index is 2.85. The first-order chi connectivity index (χ1) is 7.06. The highest BCUT2D eigenvalue weighted by molar-refractivity contribution is 9.10. The van der Waals surface area contributed by atoms with E-state index in [9.17, 15) is 9.18 Å². The molecule has 0 bridgehead atoms. The molecule has 2 nitrogen and oxygen atoms in total. The van der Waals surface area contributed by atoms with E-state index in [-0.39, 0.29) is 16.4 Å². The average molecular weight is 274 g/mol. The number of halogens is 2. The predicted molar refractivity (Wildman–Crippen MR) is 62.8 cm³/mol. The molecule has 1 rings (SSSR count). The van der Waals surface area contributed by atoms with Crippen molar-refractivity contribution in [2.75, 3.05) is 5.32 Å². The highest BCUT2D eigenvalue weighted by Gasteiger charge is 2.15. The molecule has 0 aliphatic heterocycles. The van der Waals surface area contributed by atoms with Gasteiger partial charge in [0.2, 0.25) is 5.91 Å². The summed E-state index contributed by atoms with van der Waals surface area (Å²) in [6.07, 6.45) is 0.666. The van der Waals surface area contributed by atoms with Crippen molar-refractivity contribution in [3.63, 3.8) is 0 Å². The van der Waals surface area contributed by atoms with Crippen LogP contribution < -0.4 is 5.32 Å². The predicted octanol–water partition coefficient (Wildman–Crippen LogP) is 3.25. The van der Waals surface area contributed by atoms with E-state index in [2.05, 4.69) is 21.2 Å². The smallest absolute Gasteiger partial charge is 0.238 e. The Hall–Kier alpha value is -0.900. The quantitative estimate of drug-likeness (QED) is 0.842. The van der Waals surface area contributed by atoms with Gasteiger partial charge in [-0.1, -0.05) is 35.0 Å². The summed E-state index contributed by atoms with van der Waals surface area (Å²) in [4.78, 5) is 11.2. The van der Waals surface area contributed by atoms with E-state index in [1.54, 1.807) is 19.1 Å². The Bertz CT molecular complexity index is 347. The molecule has 1 amide bonds. The van der Waals surface area contributed by atoms with E-state index in [0.717, 1.165) is 5.56 Å². The SMILES string of the molecule is CCC(Br)C(=O)Nc1c(C)cccc1F. The molecule has 0 saturated carbocycles. The number of hydrogen-bond acceptors (Lipinski definition) is 1. The minimum absolute atomic E-state index is 0.217. The third-order valence-electron chi connectivity index (χ3n) is 2.11. The zero-order valence-electron chi connectivity index (χ0n) is 8.68. The summed E-state index contributed by atoms with van der Waals surface area (Å²) in [5.41, 5.74) is 0.986. The summed E-state index contributed by atoms with van der Waals surface area (Å²) in [6.45, 7) is 3.64. The van der Waals surface area contributed by atoms with Gasteiger partial charge in [0.15, 0.2) is 0 Å². The minimum atomic E-state index is -0.404. The standard InChI is InChI=1S/C11H13BrFNO/c1-3-8(12)11(15)14-10-7(2)5-4-6-9(10)13/h4-6,8H,3H2,1-2H3,(H,14,15). The van der Waals surface area contributed by atoms with Gasteiger partial charge in [0, 0.05) is 0 Å². The number of amides is 1. The number of para-hydroxylation sites is 1. The fourth-order valence-corrected chi connectivity index (χ4v) is 1.29. The molecule has 1 N–H and O–H groups in total. The lowest BCUT2D eigenvalue weighted by atomic mass is 10.2. The highest BCUT2D eigenvalue weighted by Crippen LogP contribution is 2.20. The number of anilines is 1. The molecule has 0 aliphatic rings. The molecular formula is C11H13BrFNO. The molecule has 0 fully saturated rings. The Morgan fingerprint density at radius 3 is 2.80 bits per heavy atom. The van der Waals surface area contributed by atoms with Crippen LogP contribution in [0.2, 0.25) is 0 Å². The van der Waals surface area contributed by atoms with Gasteiger partial charge in [-0.3, -0.25) is 4.79 Å². The van der Waals surface area contributed by atoms with Gasteiger partial charge in [0.25, 0.3) is 0 Å². The molecule has 0 spiro atoms. The van der Waals surface area contributed by atoms with Crippen LogP contribution in [0.4, 0.5) is 10.1 Å². The lowest BCUT2D eigenvalue weighted by Crippen LogP contribution is -2.23. The molecule has 0 saturated heterocycles. The molecule has 0 aliphatic carbocycles. The van der Waals surface area contributed by atoms with E-state index in [1.807, 2.05) is 6.92 Å². The first-order valence-electron chi connectivity index (χ1n) is 4.76. The van der Waals surface area contributed by atoms with Crippen molar-refractivity contribution < 1.29 is 9.18 Å². The molecule has 4 heteroatoms. The molecule has 1 unspecified atom stereocenters. The number of carbonyl (C=O) groups is 1. The second-order valence-corrected chi connectivity index (χ2v) is 4.40. The zero-order valence-corrected chi connectivity index (χ0v) is 10.3. The fraction of sp³-hybridized carbons (Fsp3) is 0.364. The molecule has 0 aromatic heterocycles. The van der Waals surface area contributed by atoms with Crippen LogP contribution in [0.15, 0.2) is 18.2 Å². The second-order valence-electron chi connectivity index (χ2n) is 3.30. The second kappa shape index (κ2) is 5.26. The third-order valence-corrected chi connectivity index (χ3v) is 3.18. The normalized spacial score (nSPS) is 12.3. The highest BCUT2D eigenvalue weighted by atomic mass is 79.9. The molecule has 1 aromatic carbocycles. The lowest BCUT2D eigenvalue weighted by molar-refractivity contribution is -0.115. The van der Waals surface area contributed by atoms with Gasteiger partial charge in [0.05, 0.1) is 10.5 Å². The maximum Gasteiger partial charge on any atom is 0.238 e. The molecule has 82 valence electrons. The lowest BCUT2D eigenvalue weighted by Gasteiger charge is -2.11. The Labute approximate surface area is 97.0 Å². The van der Waals surface area contributed by atoms with E-state index < -0.39 is 5.82 Å². The van der Waals surface area contributed by atoms with E-state index in [4.69, 9.17) is 0 Å². The largest absolute Gasteiger partial charge is 0.322 e. The van der Waals surface area contributed by atoms with Crippen LogP contribution in [0.25, 0.3) is 0 Å². The van der Waals surface area contributed by atoms with Crippen molar-refractivity contribution in [2.45, 2.75) is 25.1 Å². The fourth-order valence-electron chi connectivity index (χ4n) is 1.18. The molecular weight excluding hydrogens is 261 g/mol. The van der Waals surface area contributed by atoms with Crippen molar-refractivity contribution in [3.8, 4) is 0 Å². The summed E-state index contributed by atoms with van der Waals surface area (Å²) in [5, 5.41) is 2.57.